The largest absolute Gasteiger partial charge is 0.452 e. The molecule has 7 nitrogen and oxygen atoms in total. The van der Waals surface area contributed by atoms with Gasteiger partial charge < -0.3 is 14.5 Å². The number of benzene rings is 1. The SMILES string of the molecule is CC(OC(=O)c1ccc(Cn2cccn2)o1)C(=O)NCc1ccccc1. The molecule has 0 fully saturated rings. The number of ether oxygens (including phenoxy) is 1. The van der Waals surface area contributed by atoms with E-state index in [4.69, 9.17) is 9.15 Å². The first kappa shape index (κ1) is 17.5. The zero-order valence-corrected chi connectivity index (χ0v) is 14.3. The van der Waals surface area contributed by atoms with Crippen molar-refractivity contribution >= 4 is 11.9 Å². The normalized spacial score (nSPS) is 11.7. The predicted molar refractivity (Wildman–Crippen MR) is 93.2 cm³/mol. The lowest BCUT2D eigenvalue weighted by atomic mass is 10.2. The van der Waals surface area contributed by atoms with Gasteiger partial charge in [-0.1, -0.05) is 30.3 Å². The molecule has 0 aliphatic carbocycles. The molecule has 0 bridgehead atoms. The van der Waals surface area contributed by atoms with E-state index < -0.39 is 12.1 Å². The van der Waals surface area contributed by atoms with Gasteiger partial charge in [0.15, 0.2) is 6.10 Å². The molecule has 1 atom stereocenters. The summed E-state index contributed by atoms with van der Waals surface area (Å²) >= 11 is 0. The van der Waals surface area contributed by atoms with E-state index in [1.54, 1.807) is 29.2 Å². The van der Waals surface area contributed by atoms with Crippen LogP contribution in [0.4, 0.5) is 0 Å². The van der Waals surface area contributed by atoms with E-state index in [2.05, 4.69) is 10.4 Å². The summed E-state index contributed by atoms with van der Waals surface area (Å²) in [6.07, 6.45) is 2.53. The van der Waals surface area contributed by atoms with Crippen molar-refractivity contribution in [2.75, 3.05) is 0 Å². The molecule has 1 N–H and O–H groups in total. The third kappa shape index (κ3) is 4.60. The lowest BCUT2D eigenvalue weighted by Gasteiger charge is -2.12. The van der Waals surface area contributed by atoms with Crippen LogP contribution in [-0.4, -0.2) is 27.8 Å². The Hall–Kier alpha value is -3.35. The Labute approximate surface area is 150 Å². The van der Waals surface area contributed by atoms with Crippen LogP contribution < -0.4 is 5.32 Å². The molecule has 0 aliphatic heterocycles. The Kier molecular flexibility index (Phi) is 5.48. The Morgan fingerprint density at radius 3 is 2.73 bits per heavy atom. The van der Waals surface area contributed by atoms with Crippen LogP contribution in [0.25, 0.3) is 0 Å². The summed E-state index contributed by atoms with van der Waals surface area (Å²) in [4.78, 5) is 24.2. The Balaban J connectivity index is 1.50. The number of hydrogen-bond acceptors (Lipinski definition) is 5. The maximum atomic E-state index is 12.1. The van der Waals surface area contributed by atoms with Gasteiger partial charge in [-0.3, -0.25) is 9.48 Å². The molecule has 0 saturated heterocycles. The number of carbonyl (C=O) groups excluding carboxylic acids is 2. The van der Waals surface area contributed by atoms with Crippen molar-refractivity contribution in [3.63, 3.8) is 0 Å². The van der Waals surface area contributed by atoms with Crippen molar-refractivity contribution < 1.29 is 18.7 Å². The molecular formula is C19H19N3O4. The van der Waals surface area contributed by atoms with Gasteiger partial charge in [0.25, 0.3) is 5.91 Å². The molecule has 1 aromatic carbocycles. The monoisotopic (exact) mass is 353 g/mol. The third-order valence-electron chi connectivity index (χ3n) is 3.70. The Bertz CT molecular complexity index is 856. The highest BCUT2D eigenvalue weighted by Crippen LogP contribution is 2.12. The van der Waals surface area contributed by atoms with Crippen LogP contribution in [-0.2, 0) is 22.6 Å². The molecule has 3 rings (SSSR count). The van der Waals surface area contributed by atoms with Gasteiger partial charge in [0.05, 0.1) is 6.54 Å². The van der Waals surface area contributed by atoms with E-state index >= 15 is 0 Å². The summed E-state index contributed by atoms with van der Waals surface area (Å²) in [5, 5.41) is 6.80. The number of esters is 1. The number of furan rings is 1. The summed E-state index contributed by atoms with van der Waals surface area (Å²) in [5.41, 5.74) is 0.966. The van der Waals surface area contributed by atoms with Crippen LogP contribution in [0.1, 0.15) is 28.8 Å². The fraction of sp³-hybridized carbons (Fsp3) is 0.211. The lowest BCUT2D eigenvalue weighted by Crippen LogP contribution is -2.35. The summed E-state index contributed by atoms with van der Waals surface area (Å²) in [6, 6.07) is 14.5. The van der Waals surface area contributed by atoms with Crippen molar-refractivity contribution in [3.8, 4) is 0 Å². The highest BCUT2D eigenvalue weighted by molar-refractivity contribution is 5.90. The predicted octanol–water partition coefficient (Wildman–Crippen LogP) is 2.39. The molecule has 2 heterocycles. The van der Waals surface area contributed by atoms with Crippen molar-refractivity contribution in [1.82, 2.24) is 15.1 Å². The van der Waals surface area contributed by atoms with Gasteiger partial charge in [0.1, 0.15) is 5.76 Å². The molecule has 0 aliphatic rings. The maximum absolute atomic E-state index is 12.1. The van der Waals surface area contributed by atoms with Crippen LogP contribution in [0.3, 0.4) is 0 Å². The first-order valence-electron chi connectivity index (χ1n) is 8.20. The molecule has 7 heteroatoms. The van der Waals surface area contributed by atoms with Gasteiger partial charge in [-0.2, -0.15) is 5.10 Å². The van der Waals surface area contributed by atoms with Gasteiger partial charge in [-0.05, 0) is 30.7 Å². The quantitative estimate of drug-likeness (QED) is 0.659. The van der Waals surface area contributed by atoms with E-state index in [0.29, 0.717) is 18.8 Å². The molecule has 26 heavy (non-hydrogen) atoms. The highest BCUT2D eigenvalue weighted by Gasteiger charge is 2.21. The highest BCUT2D eigenvalue weighted by atomic mass is 16.6. The molecule has 3 aromatic rings. The van der Waals surface area contributed by atoms with Crippen LogP contribution in [0.5, 0.6) is 0 Å². The second kappa shape index (κ2) is 8.15. The van der Waals surface area contributed by atoms with Gasteiger partial charge in [-0.25, -0.2) is 4.79 Å². The van der Waals surface area contributed by atoms with Gasteiger partial charge in [-0.15, -0.1) is 0 Å². The van der Waals surface area contributed by atoms with Gasteiger partial charge in [0, 0.05) is 18.9 Å². The molecule has 0 radical (unpaired) electrons. The first-order chi connectivity index (χ1) is 12.6. The molecule has 134 valence electrons. The summed E-state index contributed by atoms with van der Waals surface area (Å²) in [5.74, 6) is -0.429. The second-order valence-corrected chi connectivity index (χ2v) is 5.72. The smallest absolute Gasteiger partial charge is 0.375 e. The number of nitrogens with zero attached hydrogens (tertiary/aromatic N) is 2. The van der Waals surface area contributed by atoms with Crippen LogP contribution in [0, 0.1) is 0 Å². The topological polar surface area (TPSA) is 86.4 Å². The minimum absolute atomic E-state index is 0.0508. The molecule has 1 amide bonds. The number of aromatic nitrogens is 2. The molecule has 0 spiro atoms. The number of rotatable bonds is 7. The Morgan fingerprint density at radius 2 is 2.00 bits per heavy atom. The Morgan fingerprint density at radius 1 is 1.19 bits per heavy atom. The van der Waals surface area contributed by atoms with Crippen molar-refractivity contribution in [2.24, 2.45) is 0 Å². The van der Waals surface area contributed by atoms with Crippen molar-refractivity contribution in [1.29, 1.82) is 0 Å². The van der Waals surface area contributed by atoms with Crippen LogP contribution in [0.2, 0.25) is 0 Å². The van der Waals surface area contributed by atoms with E-state index in [1.807, 2.05) is 30.3 Å². The standard InChI is InChI=1S/C19H19N3O4/c1-14(18(23)20-12-15-6-3-2-4-7-15)25-19(24)17-9-8-16(26-17)13-22-11-5-10-21-22/h2-11,14H,12-13H2,1H3,(H,20,23). The fourth-order valence-corrected chi connectivity index (χ4v) is 2.33. The third-order valence-corrected chi connectivity index (χ3v) is 3.70. The van der Waals surface area contributed by atoms with Gasteiger partial charge in [0.2, 0.25) is 5.76 Å². The van der Waals surface area contributed by atoms with E-state index in [9.17, 15) is 9.59 Å². The van der Waals surface area contributed by atoms with Gasteiger partial charge >= 0.3 is 5.97 Å². The summed E-state index contributed by atoms with van der Waals surface area (Å²) < 4.78 is 12.3. The summed E-state index contributed by atoms with van der Waals surface area (Å²) in [6.45, 7) is 2.30. The first-order valence-corrected chi connectivity index (χ1v) is 8.20. The van der Waals surface area contributed by atoms with Crippen molar-refractivity contribution in [2.45, 2.75) is 26.1 Å². The number of hydrogen-bond donors (Lipinski definition) is 1. The van der Waals surface area contributed by atoms with E-state index in [1.165, 1.54) is 13.0 Å². The zero-order valence-electron chi connectivity index (χ0n) is 14.3. The van der Waals surface area contributed by atoms with Crippen LogP contribution in [0.15, 0.2) is 65.3 Å². The maximum Gasteiger partial charge on any atom is 0.375 e. The molecule has 2 aromatic heterocycles. The van der Waals surface area contributed by atoms with E-state index in [0.717, 1.165) is 5.56 Å². The number of nitrogens with one attached hydrogen (secondary N) is 1. The lowest BCUT2D eigenvalue weighted by molar-refractivity contribution is -0.129. The molecular weight excluding hydrogens is 334 g/mol. The zero-order chi connectivity index (χ0) is 18.4. The number of carbonyl (C=O) groups is 2. The van der Waals surface area contributed by atoms with Crippen LogP contribution >= 0.6 is 0 Å². The minimum Gasteiger partial charge on any atom is -0.452 e. The number of amides is 1. The molecule has 0 saturated carbocycles. The van der Waals surface area contributed by atoms with E-state index in [-0.39, 0.29) is 11.7 Å². The average molecular weight is 353 g/mol. The minimum atomic E-state index is -0.925. The molecule has 1 unspecified atom stereocenters. The fourth-order valence-electron chi connectivity index (χ4n) is 2.33. The summed E-state index contributed by atoms with van der Waals surface area (Å²) in [7, 11) is 0. The second-order valence-electron chi connectivity index (χ2n) is 5.72. The average Bonchev–Trinajstić information content (AvgIpc) is 3.33. The van der Waals surface area contributed by atoms with Crippen molar-refractivity contribution in [3.05, 3.63) is 78.0 Å².